The first-order valence-electron chi connectivity index (χ1n) is 27.2. The van der Waals surface area contributed by atoms with Crippen LogP contribution in [0.1, 0.15) is 168 Å². The van der Waals surface area contributed by atoms with E-state index in [1.165, 1.54) is 32.1 Å². The number of unbranched alkanes of at least 4 members (excludes halogenated alkanes) is 9. The molecule has 1 amide bonds. The van der Waals surface area contributed by atoms with Crippen LogP contribution in [0.4, 0.5) is 0 Å². The molecule has 1 saturated heterocycles. The van der Waals surface area contributed by atoms with E-state index >= 15 is 0 Å². The Balaban J connectivity index is 2.20. The van der Waals surface area contributed by atoms with Gasteiger partial charge in [0.15, 0.2) is 6.29 Å². The zero-order valence-electron chi connectivity index (χ0n) is 43.9. The predicted octanol–water partition coefficient (Wildman–Crippen LogP) is 13.3. The lowest BCUT2D eigenvalue weighted by Crippen LogP contribution is -2.60. The molecule has 1 aliphatic heterocycles. The Morgan fingerprint density at radius 1 is 0.493 bits per heavy atom. The summed E-state index contributed by atoms with van der Waals surface area (Å²) in [7, 11) is 0. The minimum atomic E-state index is -1.58. The summed E-state index contributed by atoms with van der Waals surface area (Å²) < 4.78 is 11.2. The first-order valence-corrected chi connectivity index (χ1v) is 27.2. The number of nitrogens with one attached hydrogen (secondary N) is 1. The van der Waals surface area contributed by atoms with Crippen LogP contribution in [0, 0.1) is 0 Å². The van der Waals surface area contributed by atoms with Crippen molar-refractivity contribution in [3.63, 3.8) is 0 Å². The molecule has 0 bridgehead atoms. The van der Waals surface area contributed by atoms with Crippen molar-refractivity contribution in [1.82, 2.24) is 5.32 Å². The molecular formula is C62H97NO8. The molecular weight excluding hydrogens is 887 g/mol. The Kier molecular flexibility index (Phi) is 45.1. The van der Waals surface area contributed by atoms with Gasteiger partial charge >= 0.3 is 0 Å². The Labute approximate surface area is 431 Å². The van der Waals surface area contributed by atoms with Crippen molar-refractivity contribution in [3.8, 4) is 0 Å². The van der Waals surface area contributed by atoms with E-state index in [0.717, 1.165) is 109 Å². The molecule has 1 heterocycles. The Bertz CT molecular complexity index is 1660. The smallest absolute Gasteiger partial charge is 0.220 e. The van der Waals surface area contributed by atoms with Crippen LogP contribution in [0.5, 0.6) is 0 Å². The van der Waals surface area contributed by atoms with Gasteiger partial charge in [-0.3, -0.25) is 4.79 Å². The lowest BCUT2D eigenvalue weighted by molar-refractivity contribution is -0.302. The minimum absolute atomic E-state index is 0.217. The molecule has 7 atom stereocenters. The number of carbonyl (C=O) groups excluding carboxylic acids is 1. The number of aliphatic hydroxyl groups is 5. The van der Waals surface area contributed by atoms with Crippen LogP contribution in [0.2, 0.25) is 0 Å². The fourth-order valence-electron chi connectivity index (χ4n) is 7.31. The molecule has 0 radical (unpaired) electrons. The number of allylic oxidation sites excluding steroid dienone is 25. The minimum Gasteiger partial charge on any atom is -0.394 e. The molecule has 0 saturated carbocycles. The van der Waals surface area contributed by atoms with Gasteiger partial charge in [-0.05, 0) is 109 Å². The first-order chi connectivity index (χ1) is 34.8. The fraction of sp³-hybridized carbons (Fsp3) is 0.565. The average Bonchev–Trinajstić information content (AvgIpc) is 3.37. The number of hydrogen-bond acceptors (Lipinski definition) is 8. The molecule has 0 aliphatic carbocycles. The number of rotatable bonds is 43. The molecule has 398 valence electrons. The van der Waals surface area contributed by atoms with E-state index in [1.807, 2.05) is 6.08 Å². The van der Waals surface area contributed by atoms with Gasteiger partial charge in [0, 0.05) is 6.42 Å². The fourth-order valence-corrected chi connectivity index (χ4v) is 7.31. The van der Waals surface area contributed by atoms with Crippen molar-refractivity contribution in [3.05, 3.63) is 158 Å². The van der Waals surface area contributed by atoms with Crippen LogP contribution in [0.25, 0.3) is 0 Å². The number of amides is 1. The molecule has 1 rings (SSSR count). The molecule has 0 aromatic rings. The molecule has 0 spiro atoms. The Morgan fingerprint density at radius 3 is 1.30 bits per heavy atom. The molecule has 9 nitrogen and oxygen atoms in total. The number of aliphatic hydroxyl groups excluding tert-OH is 5. The summed E-state index contributed by atoms with van der Waals surface area (Å²) in [5, 5.41) is 54.1. The van der Waals surface area contributed by atoms with Crippen molar-refractivity contribution in [2.45, 2.75) is 211 Å². The van der Waals surface area contributed by atoms with E-state index in [2.05, 4.69) is 165 Å². The molecule has 9 heteroatoms. The second kappa shape index (κ2) is 49.4. The summed E-state index contributed by atoms with van der Waals surface area (Å²) in [6, 6.07) is -0.838. The highest BCUT2D eigenvalue weighted by molar-refractivity contribution is 5.76. The number of carbonyl (C=O) groups is 1. The second-order valence-corrected chi connectivity index (χ2v) is 17.9. The van der Waals surface area contributed by atoms with Crippen molar-refractivity contribution in [2.24, 2.45) is 0 Å². The van der Waals surface area contributed by atoms with Crippen LogP contribution in [0.15, 0.2) is 158 Å². The lowest BCUT2D eigenvalue weighted by atomic mass is 9.99. The van der Waals surface area contributed by atoms with Gasteiger partial charge < -0.3 is 40.3 Å². The standard InChI is InChI=1S/C62H97NO8/c1-3-5-7-9-11-13-14-15-16-17-18-19-20-21-22-23-24-25-26-27-28-29-30-31-32-33-34-35-36-37-38-39-40-41-42-44-46-48-50-52-58(66)63-55(56(65)51-49-47-45-43-12-10-8-6-4-2)54-70-62-61(69)60(68)59(67)57(53-64)71-62/h5,7,11,13,15-16,18-19,21-22,24-25,27-28,30-31,33-34,36-37,39-40,42,44,49,51,55-57,59-62,64-65,67-69H,3-4,6,8-10,12,14,17,20,23,26,29,32,35,38,41,43,45-48,50,52-54H2,1-2H3,(H,63,66)/b7-5-,13-11-,16-15-,19-18-,22-21-,25-24-,28-27-,31-30-,34-33-,37-36-,40-39-,44-42-,51-49+. The largest absolute Gasteiger partial charge is 0.394 e. The Hall–Kier alpha value is -4.19. The summed E-state index contributed by atoms with van der Waals surface area (Å²) in [5.41, 5.74) is 0. The second-order valence-electron chi connectivity index (χ2n) is 17.9. The number of hydrogen-bond donors (Lipinski definition) is 6. The lowest BCUT2D eigenvalue weighted by Gasteiger charge is -2.40. The third-order valence-corrected chi connectivity index (χ3v) is 11.6. The monoisotopic (exact) mass is 984 g/mol. The topological polar surface area (TPSA) is 149 Å². The SMILES string of the molecule is CC/C=C\C/C=C\C/C=C\C/C=C\C/C=C\C/C=C\C/C=C\C/C=C\C/C=C\C/C=C\C/C=C\C/C=C\CCCCC(=O)NC(COC1OC(CO)C(O)C(O)C1O)C(O)/C=C/CCCCCCCCC. The molecule has 7 unspecified atom stereocenters. The zero-order valence-corrected chi connectivity index (χ0v) is 43.9. The van der Waals surface area contributed by atoms with Crippen LogP contribution in [0.3, 0.4) is 0 Å². The maximum Gasteiger partial charge on any atom is 0.220 e. The predicted molar refractivity (Wildman–Crippen MR) is 299 cm³/mol. The van der Waals surface area contributed by atoms with Crippen LogP contribution >= 0.6 is 0 Å². The summed E-state index contributed by atoms with van der Waals surface area (Å²) in [5.74, 6) is -0.230. The van der Waals surface area contributed by atoms with E-state index in [-0.39, 0.29) is 18.9 Å². The van der Waals surface area contributed by atoms with Gasteiger partial charge in [0.2, 0.25) is 5.91 Å². The third-order valence-electron chi connectivity index (χ3n) is 11.6. The normalized spacial score (nSPS) is 20.6. The van der Waals surface area contributed by atoms with Crippen LogP contribution < -0.4 is 5.32 Å². The van der Waals surface area contributed by atoms with Crippen LogP contribution in [-0.4, -0.2) is 87.5 Å². The highest BCUT2D eigenvalue weighted by atomic mass is 16.7. The summed E-state index contributed by atoms with van der Waals surface area (Å²) in [6.07, 6.45) is 71.8. The number of ether oxygens (including phenoxy) is 2. The summed E-state index contributed by atoms with van der Waals surface area (Å²) in [6.45, 7) is 3.57. The summed E-state index contributed by atoms with van der Waals surface area (Å²) >= 11 is 0. The quantitative estimate of drug-likeness (QED) is 0.0261. The average molecular weight is 984 g/mol. The van der Waals surface area contributed by atoms with Crippen molar-refractivity contribution in [1.29, 1.82) is 0 Å². The van der Waals surface area contributed by atoms with Gasteiger partial charge in [0.25, 0.3) is 0 Å². The van der Waals surface area contributed by atoms with E-state index in [0.29, 0.717) is 6.42 Å². The van der Waals surface area contributed by atoms with Gasteiger partial charge in [-0.2, -0.15) is 0 Å². The molecule has 0 aromatic heterocycles. The molecule has 0 aromatic carbocycles. The molecule has 1 aliphatic rings. The highest BCUT2D eigenvalue weighted by Crippen LogP contribution is 2.22. The van der Waals surface area contributed by atoms with Crippen molar-refractivity contribution in [2.75, 3.05) is 13.2 Å². The first kappa shape index (κ1) is 64.8. The van der Waals surface area contributed by atoms with E-state index in [4.69, 9.17) is 9.47 Å². The van der Waals surface area contributed by atoms with E-state index < -0.39 is 49.5 Å². The van der Waals surface area contributed by atoms with Crippen LogP contribution in [-0.2, 0) is 14.3 Å². The van der Waals surface area contributed by atoms with Crippen molar-refractivity contribution < 1.29 is 39.8 Å². The zero-order chi connectivity index (χ0) is 51.5. The maximum absolute atomic E-state index is 12.9. The maximum atomic E-state index is 12.9. The Morgan fingerprint density at radius 2 is 0.873 bits per heavy atom. The van der Waals surface area contributed by atoms with Gasteiger partial charge in [0.05, 0.1) is 25.4 Å². The van der Waals surface area contributed by atoms with E-state index in [1.54, 1.807) is 6.08 Å². The highest BCUT2D eigenvalue weighted by Gasteiger charge is 2.44. The van der Waals surface area contributed by atoms with Gasteiger partial charge in [-0.1, -0.05) is 210 Å². The van der Waals surface area contributed by atoms with Crippen molar-refractivity contribution >= 4 is 5.91 Å². The molecule has 6 N–H and O–H groups in total. The molecule has 71 heavy (non-hydrogen) atoms. The van der Waals surface area contributed by atoms with Gasteiger partial charge in [0.1, 0.15) is 24.4 Å². The molecule has 1 fully saturated rings. The third kappa shape index (κ3) is 39.1. The van der Waals surface area contributed by atoms with Gasteiger partial charge in [-0.15, -0.1) is 0 Å². The van der Waals surface area contributed by atoms with E-state index in [9.17, 15) is 30.3 Å². The summed E-state index contributed by atoms with van der Waals surface area (Å²) in [4.78, 5) is 12.9. The van der Waals surface area contributed by atoms with Gasteiger partial charge in [-0.25, -0.2) is 0 Å².